The molecule has 1 aromatic rings. The van der Waals surface area contributed by atoms with E-state index in [1.807, 2.05) is 25.2 Å². The van der Waals surface area contributed by atoms with E-state index in [2.05, 4.69) is 17.1 Å². The molecule has 1 aromatic carbocycles. The molecular formula is C15H24Cl2N2O. The van der Waals surface area contributed by atoms with Crippen molar-refractivity contribution in [3.8, 4) is 0 Å². The molecule has 0 aliphatic carbocycles. The summed E-state index contributed by atoms with van der Waals surface area (Å²) in [5, 5.41) is 4.58. The first-order valence-corrected chi connectivity index (χ1v) is 7.72. The fourth-order valence-electron chi connectivity index (χ4n) is 2.21. The molecule has 1 unspecified atom stereocenters. The molecule has 1 rings (SSSR count). The van der Waals surface area contributed by atoms with Crippen LogP contribution in [-0.4, -0.2) is 45.3 Å². The number of benzene rings is 1. The fourth-order valence-corrected chi connectivity index (χ4v) is 2.64. The van der Waals surface area contributed by atoms with Crippen molar-refractivity contribution in [2.45, 2.75) is 19.4 Å². The Morgan fingerprint density at radius 1 is 1.30 bits per heavy atom. The molecule has 0 aliphatic heterocycles. The summed E-state index contributed by atoms with van der Waals surface area (Å²) in [5.41, 5.74) is 1.06. The molecule has 0 fully saturated rings. The summed E-state index contributed by atoms with van der Waals surface area (Å²) in [5.74, 6) is 0. The number of ether oxygens (including phenoxy) is 1. The van der Waals surface area contributed by atoms with E-state index in [1.165, 1.54) is 0 Å². The quantitative estimate of drug-likeness (QED) is 0.752. The second-order valence-electron chi connectivity index (χ2n) is 4.70. The van der Waals surface area contributed by atoms with Crippen molar-refractivity contribution in [3.63, 3.8) is 0 Å². The van der Waals surface area contributed by atoms with Crippen LogP contribution >= 0.6 is 23.2 Å². The molecule has 0 spiro atoms. The Hall–Kier alpha value is -0.320. The molecule has 1 N–H and O–H groups in total. The van der Waals surface area contributed by atoms with Gasteiger partial charge in [0.25, 0.3) is 0 Å². The Labute approximate surface area is 132 Å². The highest BCUT2D eigenvalue weighted by atomic mass is 35.5. The summed E-state index contributed by atoms with van der Waals surface area (Å²) in [6.07, 6.45) is 0.980. The zero-order chi connectivity index (χ0) is 15.0. The minimum atomic E-state index is 0.206. The Morgan fingerprint density at radius 2 is 2.05 bits per heavy atom. The average molecular weight is 319 g/mol. The molecule has 5 heteroatoms. The van der Waals surface area contributed by atoms with Crippen LogP contribution in [-0.2, 0) is 4.74 Å². The Balaban J connectivity index is 2.65. The van der Waals surface area contributed by atoms with Gasteiger partial charge in [-0.25, -0.2) is 0 Å². The third-order valence-electron chi connectivity index (χ3n) is 3.50. The van der Waals surface area contributed by atoms with E-state index in [1.54, 1.807) is 7.11 Å². The number of hydrogen-bond donors (Lipinski definition) is 1. The number of methoxy groups -OCH3 is 1. The summed E-state index contributed by atoms with van der Waals surface area (Å²) in [7, 11) is 3.68. The highest BCUT2D eigenvalue weighted by molar-refractivity contribution is 6.42. The molecule has 114 valence electrons. The lowest BCUT2D eigenvalue weighted by atomic mass is 10.0. The predicted octanol–water partition coefficient (Wildman–Crippen LogP) is 3.61. The SMILES string of the molecule is CCN(CCOC)CCC(NC)c1cccc(Cl)c1Cl. The topological polar surface area (TPSA) is 24.5 Å². The van der Waals surface area contributed by atoms with Crippen LogP contribution in [0.4, 0.5) is 0 Å². The molecule has 0 aromatic heterocycles. The minimum absolute atomic E-state index is 0.206. The first-order valence-electron chi connectivity index (χ1n) is 6.96. The van der Waals surface area contributed by atoms with Gasteiger partial charge in [-0.1, -0.05) is 42.3 Å². The molecule has 1 atom stereocenters. The summed E-state index contributed by atoms with van der Waals surface area (Å²) in [6.45, 7) is 5.89. The lowest BCUT2D eigenvalue weighted by Crippen LogP contribution is -2.31. The van der Waals surface area contributed by atoms with Gasteiger partial charge < -0.3 is 15.0 Å². The molecule has 0 saturated heterocycles. The van der Waals surface area contributed by atoms with Crippen LogP contribution in [0.1, 0.15) is 24.9 Å². The van der Waals surface area contributed by atoms with Gasteiger partial charge in [-0.3, -0.25) is 0 Å². The van der Waals surface area contributed by atoms with Gasteiger partial charge in [-0.15, -0.1) is 0 Å². The monoisotopic (exact) mass is 318 g/mol. The van der Waals surface area contributed by atoms with Crippen LogP contribution in [0.2, 0.25) is 10.0 Å². The third kappa shape index (κ3) is 5.23. The standard InChI is InChI=1S/C15H24Cl2N2O/c1-4-19(10-11-20-3)9-8-14(18-2)12-6-5-7-13(16)15(12)17/h5-7,14,18H,4,8-11H2,1-3H3. The summed E-state index contributed by atoms with van der Waals surface area (Å²) in [4.78, 5) is 2.37. The molecule has 3 nitrogen and oxygen atoms in total. The van der Waals surface area contributed by atoms with Crippen LogP contribution in [0.15, 0.2) is 18.2 Å². The van der Waals surface area contributed by atoms with Crippen molar-refractivity contribution < 1.29 is 4.74 Å². The average Bonchev–Trinajstić information content (AvgIpc) is 2.46. The maximum absolute atomic E-state index is 6.29. The number of nitrogens with zero attached hydrogens (tertiary/aromatic N) is 1. The molecule has 20 heavy (non-hydrogen) atoms. The first kappa shape index (κ1) is 17.7. The zero-order valence-corrected chi connectivity index (χ0v) is 14.0. The molecule has 0 radical (unpaired) electrons. The highest BCUT2D eigenvalue weighted by Crippen LogP contribution is 2.31. The van der Waals surface area contributed by atoms with E-state index in [0.717, 1.165) is 38.2 Å². The minimum Gasteiger partial charge on any atom is -0.383 e. The van der Waals surface area contributed by atoms with E-state index < -0.39 is 0 Å². The Bertz CT molecular complexity index is 401. The second kappa shape index (κ2) is 9.59. The van der Waals surface area contributed by atoms with Crippen molar-refractivity contribution in [2.75, 3.05) is 40.4 Å². The Kier molecular flexibility index (Phi) is 8.50. The number of rotatable bonds is 9. The van der Waals surface area contributed by atoms with Gasteiger partial charge in [0.1, 0.15) is 0 Å². The highest BCUT2D eigenvalue weighted by Gasteiger charge is 2.15. The van der Waals surface area contributed by atoms with Crippen molar-refractivity contribution in [2.24, 2.45) is 0 Å². The normalized spacial score (nSPS) is 12.9. The second-order valence-corrected chi connectivity index (χ2v) is 5.49. The molecule has 0 heterocycles. The lowest BCUT2D eigenvalue weighted by Gasteiger charge is -2.24. The largest absolute Gasteiger partial charge is 0.383 e. The molecule has 0 bridgehead atoms. The zero-order valence-electron chi connectivity index (χ0n) is 12.5. The van der Waals surface area contributed by atoms with Gasteiger partial charge in [0, 0.05) is 26.2 Å². The van der Waals surface area contributed by atoms with E-state index in [4.69, 9.17) is 27.9 Å². The Morgan fingerprint density at radius 3 is 2.65 bits per heavy atom. The van der Waals surface area contributed by atoms with Crippen LogP contribution < -0.4 is 5.32 Å². The maximum atomic E-state index is 6.29. The number of hydrogen-bond acceptors (Lipinski definition) is 3. The number of nitrogens with one attached hydrogen (secondary N) is 1. The van der Waals surface area contributed by atoms with Gasteiger partial charge in [-0.2, -0.15) is 0 Å². The van der Waals surface area contributed by atoms with Crippen LogP contribution in [0, 0.1) is 0 Å². The van der Waals surface area contributed by atoms with E-state index >= 15 is 0 Å². The van der Waals surface area contributed by atoms with Crippen molar-refractivity contribution in [3.05, 3.63) is 33.8 Å². The van der Waals surface area contributed by atoms with Gasteiger partial charge in [0.2, 0.25) is 0 Å². The van der Waals surface area contributed by atoms with E-state index in [9.17, 15) is 0 Å². The van der Waals surface area contributed by atoms with Gasteiger partial charge in [0.15, 0.2) is 0 Å². The van der Waals surface area contributed by atoms with Crippen LogP contribution in [0.5, 0.6) is 0 Å². The van der Waals surface area contributed by atoms with Crippen LogP contribution in [0.25, 0.3) is 0 Å². The fraction of sp³-hybridized carbons (Fsp3) is 0.600. The lowest BCUT2D eigenvalue weighted by molar-refractivity contribution is 0.148. The molecule has 0 aliphatic rings. The van der Waals surface area contributed by atoms with Crippen molar-refractivity contribution in [1.29, 1.82) is 0 Å². The summed E-state index contributed by atoms with van der Waals surface area (Å²) >= 11 is 12.4. The third-order valence-corrected chi connectivity index (χ3v) is 4.33. The van der Waals surface area contributed by atoms with E-state index in [0.29, 0.717) is 10.0 Å². The van der Waals surface area contributed by atoms with E-state index in [-0.39, 0.29) is 6.04 Å². The smallest absolute Gasteiger partial charge is 0.0640 e. The molecule has 0 amide bonds. The van der Waals surface area contributed by atoms with Crippen molar-refractivity contribution in [1.82, 2.24) is 10.2 Å². The number of likely N-dealkylation sites (N-methyl/N-ethyl adjacent to an activating group) is 1. The van der Waals surface area contributed by atoms with Gasteiger partial charge in [-0.05, 0) is 31.6 Å². The van der Waals surface area contributed by atoms with Crippen molar-refractivity contribution >= 4 is 23.2 Å². The van der Waals surface area contributed by atoms with Gasteiger partial charge in [0.05, 0.1) is 16.7 Å². The summed E-state index contributed by atoms with van der Waals surface area (Å²) < 4.78 is 5.13. The molecular weight excluding hydrogens is 295 g/mol. The number of halogens is 2. The molecule has 0 saturated carbocycles. The maximum Gasteiger partial charge on any atom is 0.0640 e. The van der Waals surface area contributed by atoms with Crippen LogP contribution in [0.3, 0.4) is 0 Å². The predicted molar refractivity (Wildman–Crippen MR) is 86.9 cm³/mol. The first-order chi connectivity index (χ1) is 9.63. The van der Waals surface area contributed by atoms with Gasteiger partial charge >= 0.3 is 0 Å². The summed E-state index contributed by atoms with van der Waals surface area (Å²) in [6, 6.07) is 5.99.